The Balaban J connectivity index is 2.94. The second kappa shape index (κ2) is 5.92. The zero-order valence-electron chi connectivity index (χ0n) is 10.3. The number of rotatable bonds is 6. The van der Waals surface area contributed by atoms with Crippen molar-refractivity contribution in [2.45, 2.75) is 32.1 Å². The molecule has 0 saturated carbocycles. The molecule has 0 aliphatic heterocycles. The van der Waals surface area contributed by atoms with E-state index in [0.717, 1.165) is 0 Å². The molecule has 6 nitrogen and oxygen atoms in total. The Morgan fingerprint density at radius 2 is 2.00 bits per heavy atom. The molecule has 1 N–H and O–H groups in total. The molecular formula is C11H16N2O4S. The topological polar surface area (TPSA) is 89.3 Å². The van der Waals surface area contributed by atoms with Gasteiger partial charge in [0.25, 0.3) is 5.69 Å². The Morgan fingerprint density at radius 3 is 2.56 bits per heavy atom. The lowest BCUT2D eigenvalue weighted by atomic mass is 10.2. The van der Waals surface area contributed by atoms with Crippen LogP contribution in [0.15, 0.2) is 24.3 Å². The molecule has 0 bridgehead atoms. The lowest BCUT2D eigenvalue weighted by molar-refractivity contribution is -0.385. The number of nitrogens with one attached hydrogen (secondary N) is 1. The van der Waals surface area contributed by atoms with Gasteiger partial charge in [0.1, 0.15) is 0 Å². The first-order valence-electron chi connectivity index (χ1n) is 5.58. The van der Waals surface area contributed by atoms with Gasteiger partial charge in [-0.1, -0.05) is 25.1 Å². The summed E-state index contributed by atoms with van der Waals surface area (Å²) >= 11 is 0. The van der Waals surface area contributed by atoms with Crippen LogP contribution in [0.5, 0.6) is 0 Å². The van der Waals surface area contributed by atoms with Crippen LogP contribution in [0, 0.1) is 10.1 Å². The van der Waals surface area contributed by atoms with Crippen LogP contribution in [0.4, 0.5) is 5.69 Å². The quantitative estimate of drug-likeness (QED) is 0.631. The third-order valence-corrected chi connectivity index (χ3v) is 3.98. The van der Waals surface area contributed by atoms with Crippen LogP contribution >= 0.6 is 0 Å². The lowest BCUT2D eigenvalue weighted by Crippen LogP contribution is -2.33. The third-order valence-electron chi connectivity index (χ3n) is 2.53. The van der Waals surface area contributed by atoms with Gasteiger partial charge in [0, 0.05) is 17.7 Å². The highest BCUT2D eigenvalue weighted by Gasteiger charge is 2.20. The van der Waals surface area contributed by atoms with Gasteiger partial charge in [-0.2, -0.15) is 0 Å². The molecule has 0 saturated heterocycles. The number of sulfonamides is 1. The molecule has 0 aliphatic rings. The molecule has 1 unspecified atom stereocenters. The second-order valence-corrected chi connectivity index (χ2v) is 5.83. The lowest BCUT2D eigenvalue weighted by Gasteiger charge is -2.11. The Kier molecular flexibility index (Phi) is 4.80. The molecule has 0 spiro atoms. The van der Waals surface area contributed by atoms with Crippen molar-refractivity contribution in [2.24, 2.45) is 0 Å². The predicted molar refractivity (Wildman–Crippen MR) is 68.6 cm³/mol. The van der Waals surface area contributed by atoms with Gasteiger partial charge in [-0.3, -0.25) is 10.1 Å². The van der Waals surface area contributed by atoms with Crippen molar-refractivity contribution in [3.8, 4) is 0 Å². The molecule has 0 amide bonds. The molecule has 1 rings (SSSR count). The first-order valence-corrected chi connectivity index (χ1v) is 7.23. The van der Waals surface area contributed by atoms with E-state index in [1.165, 1.54) is 18.2 Å². The van der Waals surface area contributed by atoms with Crippen LogP contribution < -0.4 is 4.72 Å². The third kappa shape index (κ3) is 4.08. The smallest absolute Gasteiger partial charge is 0.258 e. The maximum Gasteiger partial charge on any atom is 0.273 e. The van der Waals surface area contributed by atoms with E-state index in [0.29, 0.717) is 6.42 Å². The minimum atomic E-state index is -3.56. The minimum Gasteiger partial charge on any atom is -0.258 e. The van der Waals surface area contributed by atoms with E-state index in [2.05, 4.69) is 4.72 Å². The van der Waals surface area contributed by atoms with Crippen molar-refractivity contribution < 1.29 is 13.3 Å². The summed E-state index contributed by atoms with van der Waals surface area (Å²) < 4.78 is 26.1. The fourth-order valence-electron chi connectivity index (χ4n) is 1.45. The number of hydrogen-bond acceptors (Lipinski definition) is 4. The van der Waals surface area contributed by atoms with Gasteiger partial charge in [-0.25, -0.2) is 13.1 Å². The average molecular weight is 272 g/mol. The Morgan fingerprint density at radius 1 is 1.39 bits per heavy atom. The van der Waals surface area contributed by atoms with Crippen molar-refractivity contribution in [1.82, 2.24) is 4.72 Å². The van der Waals surface area contributed by atoms with Crippen molar-refractivity contribution >= 4 is 15.7 Å². The van der Waals surface area contributed by atoms with E-state index in [4.69, 9.17) is 0 Å². The van der Waals surface area contributed by atoms with Crippen LogP contribution in [0.2, 0.25) is 0 Å². The zero-order chi connectivity index (χ0) is 13.8. The number of para-hydroxylation sites is 1. The monoisotopic (exact) mass is 272 g/mol. The molecule has 1 atom stereocenters. The van der Waals surface area contributed by atoms with Crippen molar-refractivity contribution in [3.05, 3.63) is 39.9 Å². The Bertz CT molecular complexity index is 528. The van der Waals surface area contributed by atoms with E-state index in [9.17, 15) is 18.5 Å². The number of nitro benzene ring substituents is 1. The fraction of sp³-hybridized carbons (Fsp3) is 0.455. The average Bonchev–Trinajstić information content (AvgIpc) is 2.28. The van der Waals surface area contributed by atoms with Gasteiger partial charge in [-0.05, 0) is 13.3 Å². The highest BCUT2D eigenvalue weighted by Crippen LogP contribution is 2.19. The van der Waals surface area contributed by atoms with Gasteiger partial charge in [0.15, 0.2) is 0 Å². The molecule has 7 heteroatoms. The summed E-state index contributed by atoms with van der Waals surface area (Å²) in [5.74, 6) is -0.380. The van der Waals surface area contributed by atoms with Gasteiger partial charge in [-0.15, -0.1) is 0 Å². The SMILES string of the molecule is CCC(C)NS(=O)(=O)Cc1ccccc1[N+](=O)[O-]. The summed E-state index contributed by atoms with van der Waals surface area (Å²) in [5.41, 5.74) is 0.0188. The summed E-state index contributed by atoms with van der Waals surface area (Å²) in [4.78, 5) is 10.2. The maximum absolute atomic E-state index is 11.8. The molecular weight excluding hydrogens is 256 g/mol. The van der Waals surface area contributed by atoms with Crippen LogP contribution in [-0.4, -0.2) is 19.4 Å². The molecule has 0 aliphatic carbocycles. The van der Waals surface area contributed by atoms with E-state index < -0.39 is 14.9 Å². The summed E-state index contributed by atoms with van der Waals surface area (Å²) in [6.45, 7) is 3.61. The first kappa shape index (κ1) is 14.6. The van der Waals surface area contributed by atoms with E-state index >= 15 is 0 Å². The van der Waals surface area contributed by atoms with Crippen LogP contribution in [0.1, 0.15) is 25.8 Å². The van der Waals surface area contributed by atoms with Crippen molar-refractivity contribution in [2.75, 3.05) is 0 Å². The molecule has 0 aromatic heterocycles. The summed E-state index contributed by atoms with van der Waals surface area (Å²) in [6.07, 6.45) is 0.663. The van der Waals surface area contributed by atoms with E-state index in [1.54, 1.807) is 13.0 Å². The normalized spacial score (nSPS) is 13.2. The van der Waals surface area contributed by atoms with E-state index in [-0.39, 0.29) is 23.0 Å². The molecule has 0 heterocycles. The Hall–Kier alpha value is -1.47. The second-order valence-electron chi connectivity index (χ2n) is 4.07. The van der Waals surface area contributed by atoms with Crippen molar-refractivity contribution in [1.29, 1.82) is 0 Å². The van der Waals surface area contributed by atoms with Crippen LogP contribution in [0.3, 0.4) is 0 Å². The Labute approximate surface area is 106 Å². The zero-order valence-corrected chi connectivity index (χ0v) is 11.1. The van der Waals surface area contributed by atoms with Crippen molar-refractivity contribution in [3.63, 3.8) is 0 Å². The molecule has 18 heavy (non-hydrogen) atoms. The summed E-state index contributed by atoms with van der Waals surface area (Å²) in [6, 6.07) is 5.66. The molecule has 1 aromatic carbocycles. The number of hydrogen-bond donors (Lipinski definition) is 1. The predicted octanol–water partition coefficient (Wildman–Crippen LogP) is 1.81. The highest BCUT2D eigenvalue weighted by atomic mass is 32.2. The summed E-state index contributed by atoms with van der Waals surface area (Å²) in [7, 11) is -3.56. The molecule has 0 radical (unpaired) electrons. The highest BCUT2D eigenvalue weighted by molar-refractivity contribution is 7.88. The van der Waals surface area contributed by atoms with Crippen LogP contribution in [-0.2, 0) is 15.8 Å². The minimum absolute atomic E-state index is 0.174. The standard InChI is InChI=1S/C11H16N2O4S/c1-3-9(2)12-18(16,17)8-10-6-4-5-7-11(10)13(14)15/h4-7,9,12H,3,8H2,1-2H3. The number of nitrogens with zero attached hydrogens (tertiary/aromatic N) is 1. The maximum atomic E-state index is 11.8. The van der Waals surface area contributed by atoms with Gasteiger partial charge in [0.05, 0.1) is 10.7 Å². The molecule has 0 fully saturated rings. The van der Waals surface area contributed by atoms with Crippen LogP contribution in [0.25, 0.3) is 0 Å². The van der Waals surface area contributed by atoms with E-state index in [1.807, 2.05) is 6.92 Å². The van der Waals surface area contributed by atoms with Gasteiger partial charge < -0.3 is 0 Å². The summed E-state index contributed by atoms with van der Waals surface area (Å²) in [5, 5.41) is 10.8. The number of benzene rings is 1. The molecule has 1 aromatic rings. The first-order chi connectivity index (χ1) is 8.35. The van der Waals surface area contributed by atoms with Gasteiger partial charge >= 0.3 is 0 Å². The molecule has 100 valence electrons. The largest absolute Gasteiger partial charge is 0.273 e. The number of nitro groups is 1. The van der Waals surface area contributed by atoms with Gasteiger partial charge in [0.2, 0.25) is 10.0 Å². The fourth-order valence-corrected chi connectivity index (χ4v) is 2.96.